The van der Waals surface area contributed by atoms with Gasteiger partial charge in [-0.05, 0) is 12.8 Å². The van der Waals surface area contributed by atoms with Crippen LogP contribution in [-0.2, 0) is 4.74 Å². The topological polar surface area (TPSA) is 9.23 Å². The summed E-state index contributed by atoms with van der Waals surface area (Å²) < 4.78 is 5.52. The van der Waals surface area contributed by atoms with Gasteiger partial charge in [0, 0.05) is 13.2 Å². The van der Waals surface area contributed by atoms with E-state index in [9.17, 15) is 0 Å². The summed E-state index contributed by atoms with van der Waals surface area (Å²) >= 11 is 0. The minimum absolute atomic E-state index is 0.831. The van der Waals surface area contributed by atoms with Gasteiger partial charge in [0.2, 0.25) is 0 Å². The monoisotopic (exact) mass is 356 g/mol. The van der Waals surface area contributed by atoms with Gasteiger partial charge >= 0.3 is 0 Å². The predicted molar refractivity (Wildman–Crippen MR) is 114 cm³/mol. The Morgan fingerprint density at radius 2 is 0.917 bits per heavy atom. The van der Waals surface area contributed by atoms with E-state index < -0.39 is 8.07 Å². The summed E-state index contributed by atoms with van der Waals surface area (Å²) in [7, 11) is -0.831. The molecule has 0 aliphatic heterocycles. The molecule has 0 atom stereocenters. The van der Waals surface area contributed by atoms with Gasteiger partial charge in [-0.15, -0.1) is 0 Å². The standard InChI is InChI=1S/C22H48OSi/c1-5-20-23-21-18-16-14-12-10-9-11-13-15-17-19-22-24(6-2,7-3)8-4/h5-22H2,1-4H3. The van der Waals surface area contributed by atoms with Crippen molar-refractivity contribution in [2.24, 2.45) is 0 Å². The molecule has 0 aromatic carbocycles. The van der Waals surface area contributed by atoms with Crippen LogP contribution in [-0.4, -0.2) is 21.3 Å². The van der Waals surface area contributed by atoms with Crippen molar-refractivity contribution in [3.05, 3.63) is 0 Å². The fourth-order valence-electron chi connectivity index (χ4n) is 3.82. The normalized spacial score (nSPS) is 12.0. The first-order valence-corrected chi connectivity index (χ1v) is 14.1. The average molecular weight is 357 g/mol. The second kappa shape index (κ2) is 18.0. The highest BCUT2D eigenvalue weighted by atomic mass is 28.3. The van der Waals surface area contributed by atoms with E-state index in [1.165, 1.54) is 88.8 Å². The molecule has 0 fully saturated rings. The van der Waals surface area contributed by atoms with Crippen LogP contribution in [0.3, 0.4) is 0 Å². The minimum Gasteiger partial charge on any atom is -0.381 e. The molecule has 0 saturated heterocycles. The van der Waals surface area contributed by atoms with Gasteiger partial charge < -0.3 is 4.74 Å². The summed E-state index contributed by atoms with van der Waals surface area (Å²) in [5.74, 6) is 0. The second-order valence-electron chi connectivity index (χ2n) is 7.81. The van der Waals surface area contributed by atoms with E-state index in [4.69, 9.17) is 4.74 Å². The largest absolute Gasteiger partial charge is 0.381 e. The number of hydrogen-bond acceptors (Lipinski definition) is 1. The minimum atomic E-state index is -0.831. The molecule has 0 amide bonds. The zero-order chi connectivity index (χ0) is 17.9. The van der Waals surface area contributed by atoms with Gasteiger partial charge in [-0.2, -0.15) is 0 Å². The molecule has 0 aliphatic carbocycles. The Balaban J connectivity index is 3.23. The van der Waals surface area contributed by atoms with Crippen LogP contribution >= 0.6 is 0 Å². The van der Waals surface area contributed by atoms with Gasteiger partial charge in [-0.1, -0.05) is 116 Å². The van der Waals surface area contributed by atoms with Gasteiger partial charge in [0.05, 0.1) is 8.07 Å². The van der Waals surface area contributed by atoms with E-state index >= 15 is 0 Å². The summed E-state index contributed by atoms with van der Waals surface area (Å²) in [4.78, 5) is 0. The van der Waals surface area contributed by atoms with Gasteiger partial charge in [0.1, 0.15) is 0 Å². The van der Waals surface area contributed by atoms with E-state index in [0.717, 1.165) is 19.6 Å². The molecule has 2 heteroatoms. The number of unbranched alkanes of at least 4 members (excludes halogenated alkanes) is 10. The van der Waals surface area contributed by atoms with Crippen LogP contribution in [0.25, 0.3) is 0 Å². The zero-order valence-electron chi connectivity index (χ0n) is 17.6. The van der Waals surface area contributed by atoms with E-state index in [1.807, 2.05) is 0 Å². The summed E-state index contributed by atoms with van der Waals surface area (Å²) in [5, 5.41) is 0. The Kier molecular flexibility index (Phi) is 18.1. The van der Waals surface area contributed by atoms with Crippen LogP contribution < -0.4 is 0 Å². The van der Waals surface area contributed by atoms with E-state index in [2.05, 4.69) is 27.7 Å². The highest BCUT2D eigenvalue weighted by molar-refractivity contribution is 6.79. The lowest BCUT2D eigenvalue weighted by molar-refractivity contribution is 0.130. The molecule has 0 bridgehead atoms. The van der Waals surface area contributed by atoms with Gasteiger partial charge in [-0.25, -0.2) is 0 Å². The average Bonchev–Trinajstić information content (AvgIpc) is 2.62. The van der Waals surface area contributed by atoms with Crippen molar-refractivity contribution in [1.82, 2.24) is 0 Å². The maximum atomic E-state index is 5.52. The molecule has 0 aromatic heterocycles. The van der Waals surface area contributed by atoms with Gasteiger partial charge in [0.25, 0.3) is 0 Å². The van der Waals surface area contributed by atoms with Crippen molar-refractivity contribution in [1.29, 1.82) is 0 Å². The molecule has 146 valence electrons. The Morgan fingerprint density at radius 3 is 1.33 bits per heavy atom. The molecule has 0 heterocycles. The molecule has 0 saturated carbocycles. The molecule has 0 aromatic rings. The first-order valence-electron chi connectivity index (χ1n) is 11.3. The number of hydrogen-bond donors (Lipinski definition) is 0. The van der Waals surface area contributed by atoms with E-state index in [1.54, 1.807) is 6.04 Å². The molecule has 0 aliphatic rings. The van der Waals surface area contributed by atoms with E-state index in [0.29, 0.717) is 0 Å². The van der Waals surface area contributed by atoms with Crippen molar-refractivity contribution in [3.8, 4) is 0 Å². The third-order valence-electron chi connectivity index (χ3n) is 6.09. The fourth-order valence-corrected chi connectivity index (χ4v) is 7.38. The lowest BCUT2D eigenvalue weighted by Gasteiger charge is -2.28. The SMILES string of the molecule is CCCOCCCCCCCCCCCCC[Si](CC)(CC)CC. The zero-order valence-corrected chi connectivity index (χ0v) is 18.6. The van der Waals surface area contributed by atoms with Crippen molar-refractivity contribution in [2.75, 3.05) is 13.2 Å². The van der Waals surface area contributed by atoms with Gasteiger partial charge in [0.15, 0.2) is 0 Å². The summed E-state index contributed by atoms with van der Waals surface area (Å²) in [6.07, 6.45) is 17.0. The van der Waals surface area contributed by atoms with Crippen molar-refractivity contribution in [2.45, 2.75) is 129 Å². The number of ether oxygens (including phenoxy) is 1. The molecule has 1 nitrogen and oxygen atoms in total. The molecular formula is C22H48OSi. The third-order valence-corrected chi connectivity index (χ3v) is 12.0. The third kappa shape index (κ3) is 13.5. The molecule has 0 N–H and O–H groups in total. The fraction of sp³-hybridized carbons (Fsp3) is 1.00. The lowest BCUT2D eigenvalue weighted by atomic mass is 10.1. The second-order valence-corrected chi connectivity index (χ2v) is 13.4. The van der Waals surface area contributed by atoms with Crippen LogP contribution in [0.1, 0.15) is 105 Å². The highest BCUT2D eigenvalue weighted by Crippen LogP contribution is 2.27. The van der Waals surface area contributed by atoms with Crippen LogP contribution in [0.15, 0.2) is 0 Å². The lowest BCUT2D eigenvalue weighted by Crippen LogP contribution is -2.30. The van der Waals surface area contributed by atoms with Crippen LogP contribution in [0, 0.1) is 0 Å². The smallest absolute Gasteiger partial charge is 0.0527 e. The Hall–Kier alpha value is 0.177. The molecular weight excluding hydrogens is 308 g/mol. The Labute approximate surface area is 155 Å². The van der Waals surface area contributed by atoms with Crippen molar-refractivity contribution >= 4 is 8.07 Å². The van der Waals surface area contributed by atoms with Gasteiger partial charge in [-0.3, -0.25) is 0 Å². The Morgan fingerprint density at radius 1 is 0.500 bits per heavy atom. The molecule has 0 radical (unpaired) electrons. The first-order chi connectivity index (χ1) is 11.7. The molecule has 0 rings (SSSR count). The van der Waals surface area contributed by atoms with E-state index in [-0.39, 0.29) is 0 Å². The van der Waals surface area contributed by atoms with Crippen molar-refractivity contribution < 1.29 is 4.74 Å². The molecule has 24 heavy (non-hydrogen) atoms. The highest BCUT2D eigenvalue weighted by Gasteiger charge is 2.25. The summed E-state index contributed by atoms with van der Waals surface area (Å²) in [5.41, 5.74) is 0. The van der Waals surface area contributed by atoms with Crippen LogP contribution in [0.4, 0.5) is 0 Å². The van der Waals surface area contributed by atoms with Crippen LogP contribution in [0.5, 0.6) is 0 Å². The van der Waals surface area contributed by atoms with Crippen LogP contribution in [0.2, 0.25) is 24.2 Å². The molecule has 0 unspecified atom stereocenters. The molecule has 0 spiro atoms. The maximum absolute atomic E-state index is 5.52. The number of rotatable bonds is 19. The summed E-state index contributed by atoms with van der Waals surface area (Å²) in [6, 6.07) is 6.11. The Bertz CT molecular complexity index is 230. The van der Waals surface area contributed by atoms with Crippen molar-refractivity contribution in [3.63, 3.8) is 0 Å². The first kappa shape index (κ1) is 24.2. The predicted octanol–water partition coefficient (Wildman–Crippen LogP) is 8.21. The summed E-state index contributed by atoms with van der Waals surface area (Å²) in [6.45, 7) is 11.4. The quantitative estimate of drug-likeness (QED) is 0.167. The maximum Gasteiger partial charge on any atom is 0.0527 e.